The fourth-order valence-corrected chi connectivity index (χ4v) is 12.2. The molecule has 32 heavy (non-hydrogen) atoms. The van der Waals surface area contributed by atoms with Crippen molar-refractivity contribution >= 4 is 47.5 Å². The Balaban J connectivity index is 1.86. The molecule has 5 rings (SSSR count). The fraction of sp³-hybridized carbons (Fsp3) is 0.0357. The second-order valence-corrected chi connectivity index (χ2v) is 17.0. The van der Waals surface area contributed by atoms with E-state index in [9.17, 15) is 4.79 Å². The van der Waals surface area contributed by atoms with E-state index in [0.29, 0.717) is 11.5 Å². The van der Waals surface area contributed by atoms with Crippen molar-refractivity contribution in [3.05, 3.63) is 137 Å². The van der Waals surface area contributed by atoms with Crippen LogP contribution in [-0.2, 0) is 6.16 Å². The van der Waals surface area contributed by atoms with Crippen molar-refractivity contribution in [1.82, 2.24) is 4.98 Å². The van der Waals surface area contributed by atoms with Gasteiger partial charge in [-0.3, -0.25) is 0 Å². The maximum atomic E-state index is 12.9. The summed E-state index contributed by atoms with van der Waals surface area (Å²) < 4.78 is 0. The maximum absolute atomic E-state index is 12.9. The first-order valence-corrected chi connectivity index (χ1v) is 15.0. The molecular weight excluding hydrogens is 477 g/mol. The molecule has 0 atom stereocenters. The monoisotopic (exact) mass is 499 g/mol. The van der Waals surface area contributed by atoms with Gasteiger partial charge in [-0.15, -0.1) is 0 Å². The van der Waals surface area contributed by atoms with E-state index < -0.39 is 5.31 Å². The van der Waals surface area contributed by atoms with Crippen LogP contribution in [0.25, 0.3) is 10.8 Å². The van der Waals surface area contributed by atoms with Crippen molar-refractivity contribution in [2.24, 2.45) is 0 Å². The number of benzene rings is 4. The molecule has 0 aliphatic rings. The minimum atomic E-state index is -3.15. The van der Waals surface area contributed by atoms with Crippen molar-refractivity contribution in [1.29, 1.82) is 0 Å². The Morgan fingerprint density at radius 3 is 1.56 bits per heavy atom. The summed E-state index contributed by atoms with van der Waals surface area (Å²) in [4.78, 5) is 16.1. The molecule has 0 aliphatic heterocycles. The summed E-state index contributed by atoms with van der Waals surface area (Å²) in [5.74, 6) is 0. The molecule has 2 nitrogen and oxygen atoms in total. The molecule has 4 aromatic carbocycles. The van der Waals surface area contributed by atoms with Crippen LogP contribution in [0.1, 0.15) is 5.69 Å². The molecule has 1 N–H and O–H groups in total. The van der Waals surface area contributed by atoms with Crippen LogP contribution in [0.3, 0.4) is 0 Å². The molecule has 5 aromatic rings. The number of hydrogen-bond acceptors (Lipinski definition) is 1. The van der Waals surface area contributed by atoms with Crippen molar-refractivity contribution in [2.75, 3.05) is 0 Å². The molecule has 0 amide bonds. The van der Waals surface area contributed by atoms with Crippen molar-refractivity contribution in [3.63, 3.8) is 0 Å². The van der Waals surface area contributed by atoms with E-state index in [2.05, 4.69) is 99.3 Å². The van der Waals surface area contributed by atoms with Gasteiger partial charge >= 0.3 is 196 Å². The average Bonchev–Trinajstić information content (AvgIpc) is 2.86. The van der Waals surface area contributed by atoms with Gasteiger partial charge in [0.1, 0.15) is 0 Å². The van der Waals surface area contributed by atoms with Crippen LogP contribution >= 0.6 is 20.8 Å². The van der Waals surface area contributed by atoms with E-state index in [1.807, 2.05) is 42.5 Å². The molecule has 0 saturated carbocycles. The quantitative estimate of drug-likeness (QED) is 0.301. The Hall–Kier alpha value is -3.00. The topological polar surface area (TPSA) is 32.9 Å². The molecule has 0 radical (unpaired) electrons. The van der Waals surface area contributed by atoms with E-state index in [0.717, 1.165) is 11.1 Å². The summed E-state index contributed by atoms with van der Waals surface area (Å²) in [6, 6.07) is 41.8. The Kier molecular flexibility index (Phi) is 5.33. The molecule has 1 aromatic heterocycles. The zero-order valence-electron chi connectivity index (χ0n) is 17.5. The van der Waals surface area contributed by atoms with Crippen molar-refractivity contribution in [2.45, 2.75) is 6.16 Å². The zero-order chi connectivity index (χ0) is 22.0. The summed E-state index contributed by atoms with van der Waals surface area (Å²) in [7, 11) is 0. The fourth-order valence-electron chi connectivity index (χ4n) is 4.61. The third-order valence-electron chi connectivity index (χ3n) is 6.16. The van der Waals surface area contributed by atoms with Crippen LogP contribution in [0.5, 0.6) is 0 Å². The first-order chi connectivity index (χ1) is 15.6. The van der Waals surface area contributed by atoms with Gasteiger partial charge in [-0.05, 0) is 0 Å². The summed E-state index contributed by atoms with van der Waals surface area (Å²) >= 11 is 4.45. The van der Waals surface area contributed by atoms with E-state index >= 15 is 0 Å². The molecular formula is C28H23BrNOP. The van der Waals surface area contributed by atoms with Gasteiger partial charge in [-0.25, -0.2) is 0 Å². The molecule has 0 spiro atoms. The predicted octanol–water partition coefficient (Wildman–Crippen LogP) is 5.87. The van der Waals surface area contributed by atoms with Crippen LogP contribution in [0, 0.1) is 0 Å². The molecule has 0 saturated heterocycles. The predicted molar refractivity (Wildman–Crippen MR) is 142 cm³/mol. The molecule has 0 aliphatic carbocycles. The molecule has 1 heterocycles. The second-order valence-electron chi connectivity index (χ2n) is 8.06. The van der Waals surface area contributed by atoms with E-state index in [-0.39, 0.29) is 5.56 Å². The first-order valence-electron chi connectivity index (χ1n) is 10.6. The number of pyridine rings is 1. The van der Waals surface area contributed by atoms with Crippen LogP contribution in [0.2, 0.25) is 0 Å². The number of aromatic nitrogens is 1. The molecule has 158 valence electrons. The van der Waals surface area contributed by atoms with Gasteiger partial charge in [0, 0.05) is 0 Å². The summed E-state index contributed by atoms with van der Waals surface area (Å²) in [6.45, 7) is 0. The molecule has 0 bridgehead atoms. The van der Waals surface area contributed by atoms with Gasteiger partial charge < -0.3 is 0 Å². The Labute approximate surface area is 195 Å². The normalized spacial score (nSPS) is 12.8. The van der Waals surface area contributed by atoms with Gasteiger partial charge in [0.15, 0.2) is 0 Å². The zero-order valence-corrected chi connectivity index (χ0v) is 20.0. The Morgan fingerprint density at radius 1 is 0.625 bits per heavy atom. The van der Waals surface area contributed by atoms with Gasteiger partial charge in [-0.1, -0.05) is 0 Å². The third kappa shape index (κ3) is 3.33. The third-order valence-corrected chi connectivity index (χ3v) is 15.7. The van der Waals surface area contributed by atoms with E-state index in [1.165, 1.54) is 15.9 Å². The molecule has 0 unspecified atom stereocenters. The van der Waals surface area contributed by atoms with Gasteiger partial charge in [0.25, 0.3) is 0 Å². The number of nitrogens with one attached hydrogen (secondary N) is 1. The number of halogens is 1. The summed E-state index contributed by atoms with van der Waals surface area (Å²) in [5.41, 5.74) is 0.865. The molecule has 4 heteroatoms. The van der Waals surface area contributed by atoms with E-state index in [1.54, 1.807) is 0 Å². The van der Waals surface area contributed by atoms with Crippen LogP contribution in [0.15, 0.2) is 126 Å². The molecule has 0 fully saturated rings. The van der Waals surface area contributed by atoms with Crippen LogP contribution in [0.4, 0.5) is 0 Å². The Morgan fingerprint density at radius 2 is 1.06 bits per heavy atom. The second kappa shape index (κ2) is 8.16. The minimum absolute atomic E-state index is 0.0511. The van der Waals surface area contributed by atoms with Gasteiger partial charge in [-0.2, -0.15) is 0 Å². The number of aromatic amines is 1. The number of hydrogen-bond donors (Lipinski definition) is 1. The van der Waals surface area contributed by atoms with Crippen molar-refractivity contribution < 1.29 is 0 Å². The van der Waals surface area contributed by atoms with Crippen molar-refractivity contribution in [3.8, 4) is 0 Å². The van der Waals surface area contributed by atoms with Crippen LogP contribution in [-0.4, -0.2) is 4.98 Å². The summed E-state index contributed by atoms with van der Waals surface area (Å²) in [5, 5.41) is 2.20. The van der Waals surface area contributed by atoms with E-state index in [4.69, 9.17) is 0 Å². The SMILES string of the molecule is O=c1[nH]c(CP(Br)(c2ccccc2)(c2ccccc2)c2ccccc2)cc2ccccc12. The number of H-pyrrole nitrogens is 1. The van der Waals surface area contributed by atoms with Gasteiger partial charge in [0.2, 0.25) is 0 Å². The van der Waals surface area contributed by atoms with Crippen LogP contribution < -0.4 is 21.5 Å². The van der Waals surface area contributed by atoms with Gasteiger partial charge in [0.05, 0.1) is 0 Å². The average molecular weight is 500 g/mol. The number of rotatable bonds is 5. The Bertz CT molecular complexity index is 1330. The standard InChI is InChI=1S/C28H23BrNOP/c29-32(24-13-4-1-5-14-24,25-15-6-2-7-16-25,26-17-8-3-9-18-26)21-23-20-22-12-10-11-19-27(22)28(31)30-23/h1-20H,21H2,(H,30,31). The summed E-state index contributed by atoms with van der Waals surface area (Å²) in [6.07, 6.45) is 0.656. The first kappa shape index (κ1) is 20.9. The number of fused-ring (bicyclic) bond motifs is 1.